The molecular formula is C24H18O3. The molecule has 0 N–H and O–H groups in total. The zero-order chi connectivity index (χ0) is 18.2. The molecule has 0 bridgehead atoms. The predicted octanol–water partition coefficient (Wildman–Crippen LogP) is 5.45. The fourth-order valence-corrected chi connectivity index (χ4v) is 3.95. The van der Waals surface area contributed by atoms with Gasteiger partial charge in [0.2, 0.25) is 0 Å². The number of benzene rings is 3. The van der Waals surface area contributed by atoms with Crippen LogP contribution in [0.2, 0.25) is 0 Å². The minimum Gasteiger partial charge on any atom is -0.484 e. The van der Waals surface area contributed by atoms with Crippen LogP contribution in [0.3, 0.4) is 0 Å². The molecule has 0 saturated heterocycles. The number of fused-ring (bicyclic) bond motifs is 3. The summed E-state index contributed by atoms with van der Waals surface area (Å²) in [6.07, 6.45) is 0.582. The van der Waals surface area contributed by atoms with Gasteiger partial charge in [-0.1, -0.05) is 72.8 Å². The largest absolute Gasteiger partial charge is 0.484 e. The smallest absolute Gasteiger partial charge is 0.343 e. The van der Waals surface area contributed by atoms with Crippen molar-refractivity contribution in [3.05, 3.63) is 112 Å². The van der Waals surface area contributed by atoms with Crippen LogP contribution in [0.15, 0.2) is 94.1 Å². The first-order valence-electron chi connectivity index (χ1n) is 9.13. The second-order valence-corrected chi connectivity index (χ2v) is 6.84. The SMILES string of the molecule is O=c1oc2ccccc2c2c1[C@@H](c1ccccc1)C[C@@H](c1ccccc1)O2. The Kier molecular flexibility index (Phi) is 3.79. The van der Waals surface area contributed by atoms with Crippen molar-refractivity contribution in [3.63, 3.8) is 0 Å². The van der Waals surface area contributed by atoms with Crippen LogP contribution >= 0.6 is 0 Å². The molecule has 3 heteroatoms. The Morgan fingerprint density at radius 2 is 1.37 bits per heavy atom. The molecule has 132 valence electrons. The maximum Gasteiger partial charge on any atom is 0.343 e. The standard InChI is InChI=1S/C24H18O3/c25-24-22-19(16-9-3-1-4-10-16)15-21(17-11-5-2-6-12-17)26-23(22)18-13-7-8-14-20(18)27-24/h1-14,19,21H,15H2/t19-,21+/m1/s1. The molecule has 3 nitrogen and oxygen atoms in total. The number of ether oxygens (including phenoxy) is 1. The number of hydrogen-bond donors (Lipinski definition) is 0. The summed E-state index contributed by atoms with van der Waals surface area (Å²) >= 11 is 0. The Morgan fingerprint density at radius 1 is 0.741 bits per heavy atom. The lowest BCUT2D eigenvalue weighted by atomic mass is 9.83. The van der Waals surface area contributed by atoms with E-state index < -0.39 is 0 Å². The third kappa shape index (κ3) is 2.72. The summed E-state index contributed by atoms with van der Waals surface area (Å²) in [5, 5.41) is 0.841. The van der Waals surface area contributed by atoms with E-state index in [4.69, 9.17) is 9.15 Å². The summed E-state index contributed by atoms with van der Waals surface area (Å²) < 4.78 is 12.0. The van der Waals surface area contributed by atoms with Crippen LogP contribution in [0.1, 0.15) is 35.1 Å². The normalized spacial score (nSPS) is 18.7. The van der Waals surface area contributed by atoms with Crippen molar-refractivity contribution in [2.45, 2.75) is 18.4 Å². The molecule has 4 aromatic rings. The highest BCUT2D eigenvalue weighted by Gasteiger charge is 2.34. The van der Waals surface area contributed by atoms with Gasteiger partial charge in [-0.2, -0.15) is 0 Å². The molecule has 2 atom stereocenters. The highest BCUT2D eigenvalue weighted by atomic mass is 16.5. The van der Waals surface area contributed by atoms with Gasteiger partial charge in [0.25, 0.3) is 0 Å². The molecule has 2 heterocycles. The predicted molar refractivity (Wildman–Crippen MR) is 105 cm³/mol. The van der Waals surface area contributed by atoms with Crippen LogP contribution in [0, 0.1) is 0 Å². The average molecular weight is 354 g/mol. The van der Waals surface area contributed by atoms with Gasteiger partial charge in [-0.25, -0.2) is 4.79 Å². The van der Waals surface area contributed by atoms with Crippen LogP contribution in [0.5, 0.6) is 5.75 Å². The highest BCUT2D eigenvalue weighted by Crippen LogP contribution is 2.46. The van der Waals surface area contributed by atoms with Gasteiger partial charge in [0.15, 0.2) is 0 Å². The van der Waals surface area contributed by atoms with Crippen molar-refractivity contribution in [1.82, 2.24) is 0 Å². The van der Waals surface area contributed by atoms with Crippen LogP contribution in [0.25, 0.3) is 11.0 Å². The van der Waals surface area contributed by atoms with Crippen molar-refractivity contribution in [3.8, 4) is 5.75 Å². The maximum atomic E-state index is 12.9. The first-order valence-corrected chi connectivity index (χ1v) is 9.13. The Hall–Kier alpha value is -3.33. The molecule has 5 rings (SSSR count). The molecule has 1 aliphatic rings. The van der Waals surface area contributed by atoms with Crippen LogP contribution < -0.4 is 10.4 Å². The fourth-order valence-electron chi connectivity index (χ4n) is 3.95. The summed E-state index contributed by atoms with van der Waals surface area (Å²) in [5.74, 6) is 0.580. The van der Waals surface area contributed by atoms with Gasteiger partial charge in [0.1, 0.15) is 17.4 Å². The number of rotatable bonds is 2. The molecule has 0 amide bonds. The number of para-hydroxylation sites is 1. The van der Waals surface area contributed by atoms with E-state index in [0.717, 1.165) is 16.5 Å². The van der Waals surface area contributed by atoms with Gasteiger partial charge in [-0.3, -0.25) is 0 Å². The quantitative estimate of drug-likeness (QED) is 0.449. The van der Waals surface area contributed by atoms with Crippen molar-refractivity contribution in [2.75, 3.05) is 0 Å². The van der Waals surface area contributed by atoms with Gasteiger partial charge in [0.05, 0.1) is 10.9 Å². The number of hydrogen-bond acceptors (Lipinski definition) is 3. The van der Waals surface area contributed by atoms with Gasteiger partial charge in [-0.15, -0.1) is 0 Å². The lowest BCUT2D eigenvalue weighted by Crippen LogP contribution is -2.25. The van der Waals surface area contributed by atoms with E-state index in [-0.39, 0.29) is 17.6 Å². The maximum absolute atomic E-state index is 12.9. The van der Waals surface area contributed by atoms with E-state index in [9.17, 15) is 4.79 Å². The topological polar surface area (TPSA) is 39.4 Å². The monoisotopic (exact) mass is 354 g/mol. The second-order valence-electron chi connectivity index (χ2n) is 6.84. The van der Waals surface area contributed by atoms with Gasteiger partial charge in [0, 0.05) is 5.92 Å². The van der Waals surface area contributed by atoms with Crippen molar-refractivity contribution in [1.29, 1.82) is 0 Å². The molecule has 27 heavy (non-hydrogen) atoms. The Labute approximate surface area is 156 Å². The van der Waals surface area contributed by atoms with Crippen molar-refractivity contribution >= 4 is 11.0 Å². The van der Waals surface area contributed by atoms with E-state index in [2.05, 4.69) is 24.3 Å². The fraction of sp³-hybridized carbons (Fsp3) is 0.125. The lowest BCUT2D eigenvalue weighted by molar-refractivity contribution is 0.167. The third-order valence-corrected chi connectivity index (χ3v) is 5.23. The van der Waals surface area contributed by atoms with Gasteiger partial charge >= 0.3 is 5.63 Å². The molecule has 0 radical (unpaired) electrons. The van der Waals surface area contributed by atoms with E-state index in [1.54, 1.807) is 0 Å². The molecule has 0 spiro atoms. The van der Waals surface area contributed by atoms with E-state index in [1.807, 2.05) is 60.7 Å². The van der Waals surface area contributed by atoms with Gasteiger partial charge < -0.3 is 9.15 Å². The zero-order valence-corrected chi connectivity index (χ0v) is 14.7. The Balaban J connectivity index is 1.76. The molecule has 1 aliphatic heterocycles. The summed E-state index contributed by atoms with van der Waals surface area (Å²) in [6.45, 7) is 0. The minimum atomic E-state index is -0.316. The molecule has 0 fully saturated rings. The minimum absolute atomic E-state index is 0.0685. The first kappa shape index (κ1) is 15.9. The van der Waals surface area contributed by atoms with E-state index in [0.29, 0.717) is 23.3 Å². The summed E-state index contributed by atoms with van der Waals surface area (Å²) in [6, 6.07) is 27.9. The summed E-state index contributed by atoms with van der Waals surface area (Å²) in [4.78, 5) is 12.9. The summed E-state index contributed by atoms with van der Waals surface area (Å²) in [7, 11) is 0. The summed E-state index contributed by atoms with van der Waals surface area (Å²) in [5.41, 5.74) is 3.07. The van der Waals surface area contributed by atoms with Gasteiger partial charge in [-0.05, 0) is 29.7 Å². The molecule has 3 aromatic carbocycles. The van der Waals surface area contributed by atoms with E-state index >= 15 is 0 Å². The third-order valence-electron chi connectivity index (χ3n) is 5.23. The Bertz CT molecular complexity index is 1150. The van der Waals surface area contributed by atoms with Crippen molar-refractivity contribution < 1.29 is 9.15 Å². The molecule has 0 unspecified atom stereocenters. The first-order chi connectivity index (χ1) is 13.3. The van der Waals surface area contributed by atoms with E-state index in [1.165, 1.54) is 0 Å². The molecule has 1 aromatic heterocycles. The zero-order valence-electron chi connectivity index (χ0n) is 14.7. The molecule has 0 aliphatic carbocycles. The van der Waals surface area contributed by atoms with Crippen LogP contribution in [-0.4, -0.2) is 0 Å². The Morgan fingerprint density at radius 3 is 2.11 bits per heavy atom. The van der Waals surface area contributed by atoms with Crippen molar-refractivity contribution in [2.24, 2.45) is 0 Å². The average Bonchev–Trinajstić information content (AvgIpc) is 2.74. The molecule has 0 saturated carbocycles. The molecular weight excluding hydrogens is 336 g/mol. The highest BCUT2D eigenvalue weighted by molar-refractivity contribution is 5.85. The second kappa shape index (κ2) is 6.44. The van der Waals surface area contributed by atoms with Crippen LogP contribution in [-0.2, 0) is 0 Å². The van der Waals surface area contributed by atoms with Crippen LogP contribution in [0.4, 0.5) is 0 Å². The lowest BCUT2D eigenvalue weighted by Gasteiger charge is -2.32.